The van der Waals surface area contributed by atoms with Gasteiger partial charge in [-0.3, -0.25) is 9.48 Å². The molecule has 0 spiro atoms. The molecular weight excluding hydrogens is 224 g/mol. The van der Waals surface area contributed by atoms with E-state index in [9.17, 15) is 4.79 Å². The van der Waals surface area contributed by atoms with E-state index in [1.54, 1.807) is 0 Å². The lowest BCUT2D eigenvalue weighted by atomic mass is 9.96. The van der Waals surface area contributed by atoms with Crippen molar-refractivity contribution in [2.75, 3.05) is 0 Å². The summed E-state index contributed by atoms with van der Waals surface area (Å²) in [7, 11) is 0. The first-order valence-corrected chi connectivity index (χ1v) is 7.37. The molecule has 2 aliphatic rings. The Kier molecular flexibility index (Phi) is 3.48. The predicted molar refractivity (Wildman–Crippen MR) is 70.4 cm³/mol. The van der Waals surface area contributed by atoms with E-state index in [1.165, 1.54) is 44.9 Å². The van der Waals surface area contributed by atoms with Gasteiger partial charge in [-0.15, -0.1) is 0 Å². The number of carbonyl (C=O) groups is 1. The number of ketones is 1. The van der Waals surface area contributed by atoms with Gasteiger partial charge in [0.2, 0.25) is 0 Å². The van der Waals surface area contributed by atoms with Crippen molar-refractivity contribution in [3.05, 3.63) is 18.0 Å². The van der Waals surface area contributed by atoms with Gasteiger partial charge in [-0.1, -0.05) is 19.3 Å². The molecule has 0 unspecified atom stereocenters. The number of carbonyl (C=O) groups excluding carboxylic acids is 1. The lowest BCUT2D eigenvalue weighted by molar-refractivity contribution is -0.118. The van der Waals surface area contributed by atoms with E-state index in [0.717, 1.165) is 12.1 Å². The summed E-state index contributed by atoms with van der Waals surface area (Å²) >= 11 is 0. The largest absolute Gasteiger partial charge is 0.299 e. The first kappa shape index (κ1) is 11.9. The minimum Gasteiger partial charge on any atom is -0.299 e. The maximum atomic E-state index is 11.8. The molecule has 1 aromatic rings. The fourth-order valence-corrected chi connectivity index (χ4v) is 2.94. The number of Topliss-reactive ketones (excluding diaryl/α,β-unsaturated/α-hetero) is 1. The maximum absolute atomic E-state index is 11.8. The number of rotatable bonds is 5. The van der Waals surface area contributed by atoms with Gasteiger partial charge in [0.05, 0.1) is 18.2 Å². The van der Waals surface area contributed by atoms with Crippen LogP contribution >= 0.6 is 0 Å². The van der Waals surface area contributed by atoms with Crippen LogP contribution in [0.3, 0.4) is 0 Å². The molecule has 0 amide bonds. The fourth-order valence-electron chi connectivity index (χ4n) is 2.94. The van der Waals surface area contributed by atoms with Crippen LogP contribution in [0.25, 0.3) is 0 Å². The molecule has 0 saturated heterocycles. The standard InChI is InChI=1S/C15H22N2O/c18-15(10-12-6-7-12)11-13-8-9-17(16-13)14-4-2-1-3-5-14/h8-9,12,14H,1-7,10-11H2. The van der Waals surface area contributed by atoms with Crippen LogP contribution in [0.1, 0.15) is 63.1 Å². The Hall–Kier alpha value is -1.12. The third kappa shape index (κ3) is 3.01. The molecular formula is C15H22N2O. The van der Waals surface area contributed by atoms with Crippen molar-refractivity contribution >= 4 is 5.78 Å². The Labute approximate surface area is 109 Å². The lowest BCUT2D eigenvalue weighted by Gasteiger charge is -2.21. The van der Waals surface area contributed by atoms with Crippen LogP contribution in [0, 0.1) is 5.92 Å². The quantitative estimate of drug-likeness (QED) is 0.799. The second kappa shape index (κ2) is 5.25. The average molecular weight is 246 g/mol. The molecule has 0 N–H and O–H groups in total. The Balaban J connectivity index is 1.56. The molecule has 0 radical (unpaired) electrons. The smallest absolute Gasteiger partial charge is 0.139 e. The molecule has 0 aromatic carbocycles. The van der Waals surface area contributed by atoms with E-state index >= 15 is 0 Å². The molecule has 1 aromatic heterocycles. The third-order valence-corrected chi connectivity index (χ3v) is 4.20. The highest BCUT2D eigenvalue weighted by atomic mass is 16.1. The molecule has 0 aliphatic heterocycles. The van der Waals surface area contributed by atoms with Crippen molar-refractivity contribution in [2.45, 2.75) is 63.8 Å². The summed E-state index contributed by atoms with van der Waals surface area (Å²) in [6.07, 6.45) is 12.4. The number of hydrogen-bond acceptors (Lipinski definition) is 2. The zero-order chi connectivity index (χ0) is 12.4. The van der Waals surface area contributed by atoms with E-state index in [1.807, 2.05) is 6.07 Å². The molecule has 0 atom stereocenters. The number of aromatic nitrogens is 2. The van der Waals surface area contributed by atoms with Crippen molar-refractivity contribution in [3.63, 3.8) is 0 Å². The zero-order valence-electron chi connectivity index (χ0n) is 11.0. The number of nitrogens with zero attached hydrogens (tertiary/aromatic N) is 2. The summed E-state index contributed by atoms with van der Waals surface area (Å²) in [6, 6.07) is 2.60. The molecule has 2 fully saturated rings. The van der Waals surface area contributed by atoms with Gasteiger partial charge in [-0.05, 0) is 37.7 Å². The third-order valence-electron chi connectivity index (χ3n) is 4.20. The first-order chi connectivity index (χ1) is 8.81. The Morgan fingerprint density at radius 1 is 1.22 bits per heavy atom. The highest BCUT2D eigenvalue weighted by Gasteiger charge is 2.24. The van der Waals surface area contributed by atoms with E-state index in [2.05, 4.69) is 16.0 Å². The SMILES string of the molecule is O=C(Cc1ccn(C2CCCCC2)n1)CC1CC1. The summed E-state index contributed by atoms with van der Waals surface area (Å²) < 4.78 is 2.10. The molecule has 1 heterocycles. The molecule has 3 heteroatoms. The molecule has 3 nitrogen and oxygen atoms in total. The van der Waals surface area contributed by atoms with Gasteiger partial charge < -0.3 is 0 Å². The molecule has 2 saturated carbocycles. The fraction of sp³-hybridized carbons (Fsp3) is 0.733. The maximum Gasteiger partial charge on any atom is 0.139 e. The monoisotopic (exact) mass is 246 g/mol. The van der Waals surface area contributed by atoms with Crippen LogP contribution in [0.15, 0.2) is 12.3 Å². The van der Waals surface area contributed by atoms with Crippen molar-refractivity contribution in [1.82, 2.24) is 9.78 Å². The van der Waals surface area contributed by atoms with Gasteiger partial charge in [-0.2, -0.15) is 5.10 Å². The summed E-state index contributed by atoms with van der Waals surface area (Å²) in [5, 5.41) is 4.60. The predicted octanol–water partition coefficient (Wildman–Crippen LogP) is 3.30. The van der Waals surface area contributed by atoms with E-state index in [-0.39, 0.29) is 0 Å². The first-order valence-electron chi connectivity index (χ1n) is 7.37. The summed E-state index contributed by atoms with van der Waals surface area (Å²) in [6.45, 7) is 0. The van der Waals surface area contributed by atoms with Gasteiger partial charge in [0, 0.05) is 12.6 Å². The molecule has 3 rings (SSSR count). The van der Waals surface area contributed by atoms with Gasteiger partial charge >= 0.3 is 0 Å². The summed E-state index contributed by atoms with van der Waals surface area (Å²) in [4.78, 5) is 11.8. The van der Waals surface area contributed by atoms with Gasteiger partial charge in [0.1, 0.15) is 5.78 Å². The topological polar surface area (TPSA) is 34.9 Å². The van der Waals surface area contributed by atoms with Crippen LogP contribution in [0.2, 0.25) is 0 Å². The zero-order valence-corrected chi connectivity index (χ0v) is 11.0. The minimum absolute atomic E-state index is 0.367. The second-order valence-corrected chi connectivity index (χ2v) is 5.94. The minimum atomic E-state index is 0.367. The van der Waals surface area contributed by atoms with Gasteiger partial charge in [0.25, 0.3) is 0 Å². The summed E-state index contributed by atoms with van der Waals surface area (Å²) in [5.41, 5.74) is 0.964. The van der Waals surface area contributed by atoms with Crippen LogP contribution in [-0.4, -0.2) is 15.6 Å². The van der Waals surface area contributed by atoms with Crippen molar-refractivity contribution in [2.24, 2.45) is 5.92 Å². The van der Waals surface area contributed by atoms with Gasteiger partial charge in [0.15, 0.2) is 0 Å². The number of hydrogen-bond donors (Lipinski definition) is 0. The highest BCUT2D eigenvalue weighted by Crippen LogP contribution is 2.33. The normalized spacial score (nSPS) is 21.1. The molecule has 2 aliphatic carbocycles. The van der Waals surface area contributed by atoms with Crippen molar-refractivity contribution in [3.8, 4) is 0 Å². The van der Waals surface area contributed by atoms with Gasteiger partial charge in [-0.25, -0.2) is 0 Å². The van der Waals surface area contributed by atoms with Crippen molar-refractivity contribution < 1.29 is 4.79 Å². The lowest BCUT2D eigenvalue weighted by Crippen LogP contribution is -2.14. The van der Waals surface area contributed by atoms with E-state index in [4.69, 9.17) is 0 Å². The Bertz CT molecular complexity index is 414. The van der Waals surface area contributed by atoms with Crippen LogP contribution in [0.4, 0.5) is 0 Å². The molecule has 0 bridgehead atoms. The Morgan fingerprint density at radius 2 is 2.00 bits per heavy atom. The molecule has 98 valence electrons. The van der Waals surface area contributed by atoms with E-state index < -0.39 is 0 Å². The second-order valence-electron chi connectivity index (χ2n) is 5.94. The summed E-state index contributed by atoms with van der Waals surface area (Å²) in [5.74, 6) is 1.06. The van der Waals surface area contributed by atoms with E-state index in [0.29, 0.717) is 24.2 Å². The molecule has 18 heavy (non-hydrogen) atoms. The van der Waals surface area contributed by atoms with Crippen molar-refractivity contribution in [1.29, 1.82) is 0 Å². The van der Waals surface area contributed by atoms with Crippen LogP contribution in [-0.2, 0) is 11.2 Å². The average Bonchev–Trinajstić information content (AvgIpc) is 3.06. The van der Waals surface area contributed by atoms with Crippen LogP contribution < -0.4 is 0 Å². The Morgan fingerprint density at radius 3 is 2.72 bits per heavy atom. The van der Waals surface area contributed by atoms with Crippen LogP contribution in [0.5, 0.6) is 0 Å². The highest BCUT2D eigenvalue weighted by molar-refractivity contribution is 5.80.